The Kier molecular flexibility index (Phi) is 2.44. The van der Waals surface area contributed by atoms with Crippen molar-refractivity contribution in [3.63, 3.8) is 0 Å². The van der Waals surface area contributed by atoms with Crippen molar-refractivity contribution in [1.82, 2.24) is 14.5 Å². The topological polar surface area (TPSA) is 80.6 Å². The van der Waals surface area contributed by atoms with Crippen molar-refractivity contribution in [2.45, 2.75) is 13.8 Å². The number of nitrogens with two attached hydrogens (primary N) is 1. The predicted molar refractivity (Wildman–Crippen MR) is 61.8 cm³/mol. The van der Waals surface area contributed by atoms with Crippen molar-refractivity contribution in [3.05, 3.63) is 41.6 Å². The predicted octanol–water partition coefficient (Wildman–Crippen LogP) is 1.17. The molecule has 0 aliphatic carbocycles. The van der Waals surface area contributed by atoms with Gasteiger partial charge in [0.25, 0.3) is 0 Å². The van der Waals surface area contributed by atoms with E-state index in [9.17, 15) is 0 Å². The third kappa shape index (κ3) is 1.67. The van der Waals surface area contributed by atoms with Crippen LogP contribution in [-0.4, -0.2) is 20.4 Å². The lowest BCUT2D eigenvalue weighted by Gasteiger charge is -2.05. The van der Waals surface area contributed by atoms with Gasteiger partial charge in [-0.25, -0.2) is 9.97 Å². The average molecular weight is 215 g/mol. The second kappa shape index (κ2) is 3.77. The number of nitrogens with zero attached hydrogens (tertiary/aromatic N) is 3. The molecule has 0 aromatic carbocycles. The van der Waals surface area contributed by atoms with Crippen LogP contribution in [0.4, 0.5) is 0 Å². The van der Waals surface area contributed by atoms with Crippen molar-refractivity contribution in [3.8, 4) is 5.82 Å². The van der Waals surface area contributed by atoms with E-state index in [-0.39, 0.29) is 5.84 Å². The van der Waals surface area contributed by atoms with E-state index in [0.29, 0.717) is 5.56 Å². The summed E-state index contributed by atoms with van der Waals surface area (Å²) in [6.45, 7) is 3.92. The lowest BCUT2D eigenvalue weighted by atomic mass is 10.2. The van der Waals surface area contributed by atoms with Gasteiger partial charge in [0.15, 0.2) is 0 Å². The highest BCUT2D eigenvalue weighted by Gasteiger charge is 2.06. The zero-order valence-corrected chi connectivity index (χ0v) is 9.23. The van der Waals surface area contributed by atoms with Crippen LogP contribution in [0.1, 0.15) is 17.0 Å². The second-order valence-corrected chi connectivity index (χ2v) is 3.60. The van der Waals surface area contributed by atoms with Crippen LogP contribution in [0, 0.1) is 19.3 Å². The molecule has 0 atom stereocenters. The molecule has 0 saturated heterocycles. The van der Waals surface area contributed by atoms with Gasteiger partial charge in [-0.2, -0.15) is 0 Å². The van der Waals surface area contributed by atoms with Crippen LogP contribution in [0.5, 0.6) is 0 Å². The van der Waals surface area contributed by atoms with Crippen molar-refractivity contribution in [2.75, 3.05) is 0 Å². The van der Waals surface area contributed by atoms with E-state index in [4.69, 9.17) is 11.1 Å². The molecule has 82 valence electrons. The average Bonchev–Trinajstić information content (AvgIpc) is 2.60. The highest BCUT2D eigenvalue weighted by Crippen LogP contribution is 2.12. The Morgan fingerprint density at radius 1 is 1.38 bits per heavy atom. The first-order valence-corrected chi connectivity index (χ1v) is 4.91. The molecular formula is C11H13N5. The van der Waals surface area contributed by atoms with E-state index in [1.165, 1.54) is 0 Å². The minimum absolute atomic E-state index is 0.0399. The number of nitrogens with one attached hydrogen (secondary N) is 1. The number of nitrogen functional groups attached to an aromatic ring is 1. The Morgan fingerprint density at radius 2 is 2.12 bits per heavy atom. The molecule has 0 aliphatic rings. The maximum Gasteiger partial charge on any atom is 0.138 e. The summed E-state index contributed by atoms with van der Waals surface area (Å²) in [7, 11) is 0. The molecule has 2 rings (SSSR count). The van der Waals surface area contributed by atoms with E-state index in [1.54, 1.807) is 24.7 Å². The minimum Gasteiger partial charge on any atom is -0.384 e. The molecule has 0 radical (unpaired) electrons. The molecule has 16 heavy (non-hydrogen) atoms. The number of rotatable bonds is 2. The summed E-state index contributed by atoms with van der Waals surface area (Å²) in [5.41, 5.74) is 8.10. The number of amidine groups is 1. The van der Waals surface area contributed by atoms with Crippen LogP contribution in [0.2, 0.25) is 0 Å². The van der Waals surface area contributed by atoms with Crippen LogP contribution in [0.15, 0.2) is 24.7 Å². The molecule has 0 aliphatic heterocycles. The zero-order chi connectivity index (χ0) is 11.7. The van der Waals surface area contributed by atoms with E-state index in [0.717, 1.165) is 17.2 Å². The van der Waals surface area contributed by atoms with Gasteiger partial charge in [-0.1, -0.05) is 0 Å². The maximum absolute atomic E-state index is 7.38. The number of aromatic nitrogens is 3. The molecule has 5 heteroatoms. The van der Waals surface area contributed by atoms with E-state index in [1.807, 2.05) is 18.4 Å². The normalized spacial score (nSPS) is 10.4. The summed E-state index contributed by atoms with van der Waals surface area (Å²) in [5, 5.41) is 7.38. The largest absolute Gasteiger partial charge is 0.384 e. The Balaban J connectivity index is 2.52. The van der Waals surface area contributed by atoms with Gasteiger partial charge in [0.1, 0.15) is 18.0 Å². The molecule has 0 amide bonds. The first kappa shape index (κ1) is 10.4. The summed E-state index contributed by atoms with van der Waals surface area (Å²) >= 11 is 0. The Hall–Kier alpha value is -2.17. The maximum atomic E-state index is 7.38. The number of pyridine rings is 1. The van der Waals surface area contributed by atoms with Gasteiger partial charge in [0, 0.05) is 17.5 Å². The van der Waals surface area contributed by atoms with Crippen LogP contribution in [0.3, 0.4) is 0 Å². The molecule has 2 aromatic heterocycles. The van der Waals surface area contributed by atoms with Crippen molar-refractivity contribution in [1.29, 1.82) is 5.41 Å². The number of aryl methyl sites for hydroxylation is 1. The monoisotopic (exact) mass is 215 g/mol. The number of hydrogen-bond acceptors (Lipinski definition) is 3. The summed E-state index contributed by atoms with van der Waals surface area (Å²) in [6, 6.07) is 3.49. The standard InChI is InChI=1S/C11H13N5/c1-7-8(2)16(6-15-7)10-5-9(11(12)13)3-4-14-10/h3-6H,1-2H3,(H3,12,13). The Labute approximate surface area is 93.5 Å². The van der Waals surface area contributed by atoms with Crippen LogP contribution in [-0.2, 0) is 0 Å². The lowest BCUT2D eigenvalue weighted by Crippen LogP contribution is -2.12. The fourth-order valence-corrected chi connectivity index (χ4v) is 1.45. The third-order valence-electron chi connectivity index (χ3n) is 2.56. The SMILES string of the molecule is Cc1ncn(-c2cc(C(=N)N)ccn2)c1C. The third-order valence-corrected chi connectivity index (χ3v) is 2.56. The molecule has 2 aromatic rings. The summed E-state index contributed by atoms with van der Waals surface area (Å²) in [4.78, 5) is 8.44. The minimum atomic E-state index is 0.0399. The molecule has 0 spiro atoms. The van der Waals surface area contributed by atoms with Crippen LogP contribution >= 0.6 is 0 Å². The number of imidazole rings is 1. The van der Waals surface area contributed by atoms with E-state index in [2.05, 4.69) is 9.97 Å². The first-order valence-electron chi connectivity index (χ1n) is 4.91. The van der Waals surface area contributed by atoms with Crippen molar-refractivity contribution in [2.24, 2.45) is 5.73 Å². The van der Waals surface area contributed by atoms with Gasteiger partial charge < -0.3 is 5.73 Å². The summed E-state index contributed by atoms with van der Waals surface area (Å²) in [5.74, 6) is 0.768. The van der Waals surface area contributed by atoms with Crippen LogP contribution in [0.25, 0.3) is 5.82 Å². The first-order chi connectivity index (χ1) is 7.59. The number of hydrogen-bond donors (Lipinski definition) is 2. The molecule has 0 unspecified atom stereocenters. The zero-order valence-electron chi connectivity index (χ0n) is 9.23. The molecule has 3 N–H and O–H groups in total. The van der Waals surface area contributed by atoms with Crippen molar-refractivity contribution >= 4 is 5.84 Å². The fraction of sp³-hybridized carbons (Fsp3) is 0.182. The summed E-state index contributed by atoms with van der Waals surface area (Å²) in [6.07, 6.45) is 3.36. The van der Waals surface area contributed by atoms with Crippen molar-refractivity contribution < 1.29 is 0 Å². The van der Waals surface area contributed by atoms with E-state index >= 15 is 0 Å². The quantitative estimate of drug-likeness (QED) is 0.582. The smallest absolute Gasteiger partial charge is 0.138 e. The lowest BCUT2D eigenvalue weighted by molar-refractivity contribution is 0.949. The molecule has 0 bridgehead atoms. The van der Waals surface area contributed by atoms with Gasteiger partial charge in [0.2, 0.25) is 0 Å². The molecule has 2 heterocycles. The van der Waals surface area contributed by atoms with Gasteiger partial charge in [-0.15, -0.1) is 0 Å². The van der Waals surface area contributed by atoms with Gasteiger partial charge in [-0.3, -0.25) is 9.98 Å². The van der Waals surface area contributed by atoms with Gasteiger partial charge >= 0.3 is 0 Å². The molecule has 0 saturated carbocycles. The Morgan fingerprint density at radius 3 is 2.69 bits per heavy atom. The molecule has 0 fully saturated rings. The van der Waals surface area contributed by atoms with E-state index < -0.39 is 0 Å². The summed E-state index contributed by atoms with van der Waals surface area (Å²) < 4.78 is 1.88. The second-order valence-electron chi connectivity index (χ2n) is 3.60. The highest BCUT2D eigenvalue weighted by atomic mass is 15.1. The molecular weight excluding hydrogens is 202 g/mol. The molecule has 5 nitrogen and oxygen atoms in total. The highest BCUT2D eigenvalue weighted by molar-refractivity contribution is 5.95. The fourth-order valence-electron chi connectivity index (χ4n) is 1.45. The van der Waals surface area contributed by atoms with Gasteiger partial charge in [-0.05, 0) is 26.0 Å². The Bertz CT molecular complexity index is 541. The van der Waals surface area contributed by atoms with Gasteiger partial charge in [0.05, 0.1) is 5.69 Å². The van der Waals surface area contributed by atoms with Crippen LogP contribution < -0.4 is 5.73 Å².